The van der Waals surface area contributed by atoms with Gasteiger partial charge in [-0.05, 0) is 42.3 Å². The lowest BCUT2D eigenvalue weighted by Crippen LogP contribution is -2.07. The average Bonchev–Trinajstić information content (AvgIpc) is 2.37. The van der Waals surface area contributed by atoms with E-state index >= 15 is 0 Å². The summed E-state index contributed by atoms with van der Waals surface area (Å²) >= 11 is 0. The van der Waals surface area contributed by atoms with Crippen LogP contribution in [0.1, 0.15) is 17.3 Å². The third-order valence-corrected chi connectivity index (χ3v) is 2.68. The Labute approximate surface area is 114 Å². The number of hydrogen-bond donors (Lipinski definition) is 1. The number of carbonyl (C=O) groups is 1. The zero-order valence-electron chi connectivity index (χ0n) is 10.7. The molecule has 0 bridgehead atoms. The molecule has 0 radical (unpaired) electrons. The summed E-state index contributed by atoms with van der Waals surface area (Å²) < 4.78 is 31.8. The molecule has 1 N–H and O–H groups in total. The van der Waals surface area contributed by atoms with E-state index in [4.69, 9.17) is 4.74 Å². The Bertz CT molecular complexity index is 633. The lowest BCUT2D eigenvalue weighted by Gasteiger charge is -2.07. The van der Waals surface area contributed by atoms with Crippen molar-refractivity contribution in [1.82, 2.24) is 0 Å². The van der Waals surface area contributed by atoms with E-state index in [2.05, 4.69) is 0 Å². The first-order valence-electron chi connectivity index (χ1n) is 5.98. The minimum atomic E-state index is -0.760. The van der Waals surface area contributed by atoms with Gasteiger partial charge < -0.3 is 9.84 Å². The lowest BCUT2D eigenvalue weighted by atomic mass is 10.0. The van der Waals surface area contributed by atoms with Gasteiger partial charge in [-0.15, -0.1) is 0 Å². The molecule has 0 heterocycles. The number of benzene rings is 2. The van der Waals surface area contributed by atoms with Crippen molar-refractivity contribution in [3.63, 3.8) is 0 Å². The Morgan fingerprint density at radius 2 is 1.90 bits per heavy atom. The van der Waals surface area contributed by atoms with Gasteiger partial charge in [0.1, 0.15) is 17.4 Å². The second-order valence-electron chi connectivity index (χ2n) is 4.11. The molecule has 2 aromatic carbocycles. The van der Waals surface area contributed by atoms with E-state index in [9.17, 15) is 18.7 Å². The number of esters is 1. The van der Waals surface area contributed by atoms with Gasteiger partial charge in [-0.1, -0.05) is 6.07 Å². The molecule has 0 saturated heterocycles. The van der Waals surface area contributed by atoms with Crippen molar-refractivity contribution in [2.75, 3.05) is 6.61 Å². The van der Waals surface area contributed by atoms with Gasteiger partial charge in [0.25, 0.3) is 0 Å². The highest BCUT2D eigenvalue weighted by atomic mass is 19.1. The van der Waals surface area contributed by atoms with Gasteiger partial charge >= 0.3 is 5.97 Å². The molecule has 104 valence electrons. The molecule has 0 saturated carbocycles. The maximum atomic E-state index is 13.9. The van der Waals surface area contributed by atoms with E-state index in [1.165, 1.54) is 24.3 Å². The normalized spacial score (nSPS) is 10.3. The third kappa shape index (κ3) is 2.93. The molecule has 0 unspecified atom stereocenters. The monoisotopic (exact) mass is 278 g/mol. The molecule has 3 nitrogen and oxygen atoms in total. The second-order valence-corrected chi connectivity index (χ2v) is 4.11. The lowest BCUT2D eigenvalue weighted by molar-refractivity contribution is 0.0521. The van der Waals surface area contributed by atoms with E-state index in [-0.39, 0.29) is 17.9 Å². The van der Waals surface area contributed by atoms with E-state index in [0.29, 0.717) is 11.1 Å². The van der Waals surface area contributed by atoms with Crippen molar-refractivity contribution < 1.29 is 23.4 Å². The number of ether oxygens (including phenoxy) is 1. The molecule has 0 aliphatic rings. The molecule has 2 rings (SSSR count). The van der Waals surface area contributed by atoms with Crippen molar-refractivity contribution >= 4 is 5.97 Å². The van der Waals surface area contributed by atoms with Crippen molar-refractivity contribution in [1.29, 1.82) is 0 Å². The number of rotatable bonds is 3. The number of hydrogen-bond acceptors (Lipinski definition) is 3. The summed E-state index contributed by atoms with van der Waals surface area (Å²) in [5.74, 6) is -2.40. The van der Waals surface area contributed by atoms with Crippen molar-refractivity contribution in [3.8, 4) is 16.9 Å². The fraction of sp³-hybridized carbons (Fsp3) is 0.133. The van der Waals surface area contributed by atoms with Gasteiger partial charge in [-0.2, -0.15) is 0 Å². The van der Waals surface area contributed by atoms with Crippen molar-refractivity contribution in [2.45, 2.75) is 6.92 Å². The highest BCUT2D eigenvalue weighted by molar-refractivity contribution is 5.90. The summed E-state index contributed by atoms with van der Waals surface area (Å²) in [7, 11) is 0. The highest BCUT2D eigenvalue weighted by Gasteiger charge is 2.14. The average molecular weight is 278 g/mol. The van der Waals surface area contributed by atoms with Crippen molar-refractivity contribution in [2.24, 2.45) is 0 Å². The van der Waals surface area contributed by atoms with E-state index in [1.54, 1.807) is 6.92 Å². The van der Waals surface area contributed by atoms with Crippen molar-refractivity contribution in [3.05, 3.63) is 53.6 Å². The van der Waals surface area contributed by atoms with Crippen LogP contribution in [0.2, 0.25) is 0 Å². The predicted molar refractivity (Wildman–Crippen MR) is 69.4 cm³/mol. The zero-order valence-corrected chi connectivity index (χ0v) is 10.7. The van der Waals surface area contributed by atoms with Gasteiger partial charge in [0.05, 0.1) is 12.2 Å². The summed E-state index contributed by atoms with van der Waals surface area (Å²) in [5, 5.41) is 9.33. The highest BCUT2D eigenvalue weighted by Crippen LogP contribution is 2.26. The van der Waals surface area contributed by atoms with Crippen LogP contribution in [-0.4, -0.2) is 17.7 Å². The van der Waals surface area contributed by atoms with Gasteiger partial charge in [0.15, 0.2) is 0 Å². The van der Waals surface area contributed by atoms with Crippen LogP contribution in [0, 0.1) is 11.6 Å². The summed E-state index contributed by atoms with van der Waals surface area (Å²) in [6.07, 6.45) is 0. The maximum absolute atomic E-state index is 13.9. The van der Waals surface area contributed by atoms with Gasteiger partial charge in [0.2, 0.25) is 0 Å². The first-order valence-corrected chi connectivity index (χ1v) is 5.98. The Morgan fingerprint density at radius 3 is 2.50 bits per heavy atom. The van der Waals surface area contributed by atoms with Crippen LogP contribution >= 0.6 is 0 Å². The molecule has 0 aliphatic carbocycles. The Hall–Kier alpha value is -2.43. The molecule has 0 atom stereocenters. The smallest absolute Gasteiger partial charge is 0.341 e. The SMILES string of the molecule is CCOC(=O)c1ccc(-c2cc(O)cc(F)c2)cc1F. The molecule has 2 aromatic rings. The van der Waals surface area contributed by atoms with E-state index in [1.807, 2.05) is 0 Å². The van der Waals surface area contributed by atoms with Crippen LogP contribution < -0.4 is 0 Å². The number of phenolic OH excluding ortho intramolecular Hbond substituents is 1. The molecule has 0 amide bonds. The Kier molecular flexibility index (Phi) is 3.98. The molecule has 0 aromatic heterocycles. The topological polar surface area (TPSA) is 46.5 Å². The largest absolute Gasteiger partial charge is 0.508 e. The van der Waals surface area contributed by atoms with Gasteiger partial charge in [-0.25, -0.2) is 13.6 Å². The van der Waals surface area contributed by atoms with Crippen LogP contribution in [0.4, 0.5) is 8.78 Å². The van der Waals surface area contributed by atoms with Gasteiger partial charge in [0, 0.05) is 6.07 Å². The molecule has 0 aliphatic heterocycles. The third-order valence-electron chi connectivity index (χ3n) is 2.68. The molecular formula is C15H12F2O3. The molecule has 5 heteroatoms. The number of phenols is 1. The van der Waals surface area contributed by atoms with Crippen LogP contribution in [0.15, 0.2) is 36.4 Å². The number of aromatic hydroxyl groups is 1. The fourth-order valence-electron chi connectivity index (χ4n) is 1.81. The summed E-state index contributed by atoms with van der Waals surface area (Å²) in [6, 6.07) is 7.25. The van der Waals surface area contributed by atoms with Crippen LogP contribution in [-0.2, 0) is 4.74 Å². The molecule has 0 fully saturated rings. The Morgan fingerprint density at radius 1 is 1.15 bits per heavy atom. The van der Waals surface area contributed by atoms with Crippen LogP contribution in [0.25, 0.3) is 11.1 Å². The van der Waals surface area contributed by atoms with Gasteiger partial charge in [-0.3, -0.25) is 0 Å². The molecule has 20 heavy (non-hydrogen) atoms. The minimum Gasteiger partial charge on any atom is -0.508 e. The summed E-state index contributed by atoms with van der Waals surface area (Å²) in [4.78, 5) is 11.5. The number of halogens is 2. The molecular weight excluding hydrogens is 266 g/mol. The fourth-order valence-corrected chi connectivity index (χ4v) is 1.81. The first kappa shape index (κ1) is 14.0. The van der Waals surface area contributed by atoms with Crippen LogP contribution in [0.5, 0.6) is 5.75 Å². The molecule has 0 spiro atoms. The predicted octanol–water partition coefficient (Wildman–Crippen LogP) is 3.51. The Balaban J connectivity index is 2.40. The summed E-state index contributed by atoms with van der Waals surface area (Å²) in [6.45, 7) is 1.78. The van der Waals surface area contributed by atoms with Crippen LogP contribution in [0.3, 0.4) is 0 Å². The quantitative estimate of drug-likeness (QED) is 0.874. The second kappa shape index (κ2) is 5.69. The number of carbonyl (C=O) groups excluding carboxylic acids is 1. The van der Waals surface area contributed by atoms with E-state index in [0.717, 1.165) is 12.1 Å². The maximum Gasteiger partial charge on any atom is 0.341 e. The summed E-state index contributed by atoms with van der Waals surface area (Å²) in [5.41, 5.74) is 0.485. The standard InChI is InChI=1S/C15H12F2O3/c1-2-20-15(19)13-4-3-9(7-14(13)17)10-5-11(16)8-12(18)6-10/h3-8,18H,2H2,1H3. The first-order chi connectivity index (χ1) is 9.51. The zero-order chi connectivity index (χ0) is 14.7. The van der Waals surface area contributed by atoms with E-state index < -0.39 is 17.6 Å². The minimum absolute atomic E-state index is 0.151.